The zero-order valence-electron chi connectivity index (χ0n) is 9.72. The van der Waals surface area contributed by atoms with Gasteiger partial charge in [-0.25, -0.2) is 4.79 Å². The van der Waals surface area contributed by atoms with Crippen LogP contribution < -0.4 is 0 Å². The molecular formula is C12H17NO4. The van der Waals surface area contributed by atoms with E-state index in [0.29, 0.717) is 19.0 Å². The zero-order valence-corrected chi connectivity index (χ0v) is 9.72. The van der Waals surface area contributed by atoms with Crippen LogP contribution in [0.1, 0.15) is 19.3 Å². The standard InChI is InChI=1S/C12H17NO4/c1-2-5-17-11(16)13-7-9-3-4-12(9,8-13)6-10(14)15/h2,9H,1,3-8H2,(H,14,15). The maximum absolute atomic E-state index is 11.7. The van der Waals surface area contributed by atoms with Gasteiger partial charge in [-0.05, 0) is 18.8 Å². The number of hydrogen-bond donors (Lipinski definition) is 1. The molecule has 1 N–H and O–H groups in total. The molecular weight excluding hydrogens is 222 g/mol. The number of rotatable bonds is 4. The molecule has 94 valence electrons. The van der Waals surface area contributed by atoms with Gasteiger partial charge in [0.05, 0.1) is 6.42 Å². The summed E-state index contributed by atoms with van der Waals surface area (Å²) in [5.41, 5.74) is -0.195. The van der Waals surface area contributed by atoms with Gasteiger partial charge in [0.2, 0.25) is 0 Å². The van der Waals surface area contributed by atoms with E-state index in [1.807, 2.05) is 0 Å². The lowest BCUT2D eigenvalue weighted by molar-refractivity contribution is -0.142. The Morgan fingerprint density at radius 1 is 1.59 bits per heavy atom. The molecule has 0 spiro atoms. The Morgan fingerprint density at radius 2 is 2.35 bits per heavy atom. The van der Waals surface area contributed by atoms with Gasteiger partial charge in [0.15, 0.2) is 0 Å². The van der Waals surface area contributed by atoms with Crippen molar-refractivity contribution in [2.24, 2.45) is 11.3 Å². The lowest BCUT2D eigenvalue weighted by Crippen LogP contribution is -2.41. The molecule has 2 unspecified atom stereocenters. The first-order valence-corrected chi connectivity index (χ1v) is 5.82. The van der Waals surface area contributed by atoms with Crippen molar-refractivity contribution in [1.82, 2.24) is 4.90 Å². The van der Waals surface area contributed by atoms with Crippen LogP contribution in [0.25, 0.3) is 0 Å². The van der Waals surface area contributed by atoms with E-state index in [1.165, 1.54) is 6.08 Å². The predicted molar refractivity (Wildman–Crippen MR) is 60.5 cm³/mol. The molecule has 1 saturated carbocycles. The second kappa shape index (κ2) is 4.39. The Labute approximate surface area is 100 Å². The van der Waals surface area contributed by atoms with Crippen molar-refractivity contribution in [3.05, 3.63) is 12.7 Å². The Morgan fingerprint density at radius 3 is 2.88 bits per heavy atom. The minimum atomic E-state index is -0.781. The van der Waals surface area contributed by atoms with Gasteiger partial charge in [-0.2, -0.15) is 0 Å². The van der Waals surface area contributed by atoms with Crippen LogP contribution in [0.5, 0.6) is 0 Å². The van der Waals surface area contributed by atoms with Crippen molar-refractivity contribution in [1.29, 1.82) is 0 Å². The summed E-state index contributed by atoms with van der Waals surface area (Å²) in [7, 11) is 0. The van der Waals surface area contributed by atoms with Crippen molar-refractivity contribution < 1.29 is 19.4 Å². The van der Waals surface area contributed by atoms with Gasteiger partial charge >= 0.3 is 12.1 Å². The van der Waals surface area contributed by atoms with Crippen molar-refractivity contribution in [2.75, 3.05) is 19.7 Å². The van der Waals surface area contributed by atoms with Gasteiger partial charge in [-0.1, -0.05) is 12.7 Å². The molecule has 1 heterocycles. The van der Waals surface area contributed by atoms with E-state index in [2.05, 4.69) is 6.58 Å². The third-order valence-corrected chi connectivity index (χ3v) is 3.89. The molecule has 0 aromatic carbocycles. The molecule has 2 fully saturated rings. The maximum atomic E-state index is 11.7. The van der Waals surface area contributed by atoms with Crippen molar-refractivity contribution in [2.45, 2.75) is 19.3 Å². The molecule has 2 atom stereocenters. The van der Waals surface area contributed by atoms with Crippen molar-refractivity contribution in [3.8, 4) is 0 Å². The van der Waals surface area contributed by atoms with Gasteiger partial charge in [-0.3, -0.25) is 4.79 Å². The first-order valence-electron chi connectivity index (χ1n) is 5.82. The quantitative estimate of drug-likeness (QED) is 0.755. The fourth-order valence-corrected chi connectivity index (χ4v) is 2.91. The van der Waals surface area contributed by atoms with Crippen LogP contribution in [0.4, 0.5) is 4.79 Å². The first kappa shape index (κ1) is 12.0. The highest BCUT2D eigenvalue weighted by molar-refractivity contribution is 5.70. The Hall–Kier alpha value is -1.52. The second-order valence-electron chi connectivity index (χ2n) is 4.91. The lowest BCUT2D eigenvalue weighted by Gasteiger charge is -2.42. The largest absolute Gasteiger partial charge is 0.481 e. The Balaban J connectivity index is 1.95. The van der Waals surface area contributed by atoms with Crippen LogP contribution in [0, 0.1) is 11.3 Å². The number of aliphatic carboxylic acids is 1. The van der Waals surface area contributed by atoms with Gasteiger partial charge < -0.3 is 14.7 Å². The summed E-state index contributed by atoms with van der Waals surface area (Å²) in [5.74, 6) is -0.453. The molecule has 0 radical (unpaired) electrons. The summed E-state index contributed by atoms with van der Waals surface area (Å²) in [6.45, 7) is 4.82. The van der Waals surface area contributed by atoms with Crippen LogP contribution in [0.15, 0.2) is 12.7 Å². The SMILES string of the molecule is C=CCOC(=O)N1CC2CCC2(CC(=O)O)C1. The summed E-state index contributed by atoms with van der Waals surface area (Å²) in [6, 6.07) is 0. The third-order valence-electron chi connectivity index (χ3n) is 3.89. The summed E-state index contributed by atoms with van der Waals surface area (Å²) >= 11 is 0. The van der Waals surface area contributed by atoms with Crippen molar-refractivity contribution in [3.63, 3.8) is 0 Å². The monoisotopic (exact) mass is 239 g/mol. The molecule has 2 aliphatic rings. The third kappa shape index (κ3) is 2.14. The van der Waals surface area contributed by atoms with Crippen LogP contribution in [0.2, 0.25) is 0 Å². The topological polar surface area (TPSA) is 66.8 Å². The Bertz CT molecular complexity index is 354. The normalized spacial score (nSPS) is 30.4. The maximum Gasteiger partial charge on any atom is 0.410 e. The smallest absolute Gasteiger partial charge is 0.410 e. The van der Waals surface area contributed by atoms with E-state index >= 15 is 0 Å². The molecule has 1 amide bonds. The first-order chi connectivity index (χ1) is 8.07. The summed E-state index contributed by atoms with van der Waals surface area (Å²) < 4.78 is 4.97. The van der Waals surface area contributed by atoms with E-state index in [-0.39, 0.29) is 24.5 Å². The van der Waals surface area contributed by atoms with Gasteiger partial charge in [0, 0.05) is 18.5 Å². The van der Waals surface area contributed by atoms with Crippen molar-refractivity contribution >= 4 is 12.1 Å². The minimum absolute atomic E-state index is 0.156. The summed E-state index contributed by atoms with van der Waals surface area (Å²) in [5, 5.41) is 8.91. The number of carbonyl (C=O) groups is 2. The highest BCUT2D eigenvalue weighted by atomic mass is 16.6. The van der Waals surface area contributed by atoms with E-state index in [9.17, 15) is 9.59 Å². The highest BCUT2D eigenvalue weighted by Gasteiger charge is 2.55. The molecule has 0 aromatic rings. The number of hydrogen-bond acceptors (Lipinski definition) is 3. The van der Waals surface area contributed by atoms with Gasteiger partial charge in [0.25, 0.3) is 0 Å². The molecule has 0 aromatic heterocycles. The van der Waals surface area contributed by atoms with E-state index in [4.69, 9.17) is 9.84 Å². The number of amides is 1. The lowest BCUT2D eigenvalue weighted by atomic mass is 9.60. The van der Waals surface area contributed by atoms with Gasteiger partial charge in [0.1, 0.15) is 6.61 Å². The molecule has 2 rings (SSSR count). The molecule has 1 aliphatic heterocycles. The van der Waals surface area contributed by atoms with Crippen LogP contribution in [0.3, 0.4) is 0 Å². The highest BCUT2D eigenvalue weighted by Crippen LogP contribution is 2.54. The average Bonchev–Trinajstić information content (AvgIpc) is 2.50. The summed E-state index contributed by atoms with van der Waals surface area (Å²) in [4.78, 5) is 24.1. The molecule has 17 heavy (non-hydrogen) atoms. The van der Waals surface area contributed by atoms with Gasteiger partial charge in [-0.15, -0.1) is 0 Å². The molecule has 1 aliphatic carbocycles. The number of fused-ring (bicyclic) bond motifs is 1. The zero-order chi connectivity index (χ0) is 12.5. The van der Waals surface area contributed by atoms with Crippen LogP contribution in [-0.2, 0) is 9.53 Å². The van der Waals surface area contributed by atoms with E-state index in [1.54, 1.807) is 4.90 Å². The van der Waals surface area contributed by atoms with Crippen LogP contribution in [-0.4, -0.2) is 41.8 Å². The van der Waals surface area contributed by atoms with Crippen LogP contribution >= 0.6 is 0 Å². The number of nitrogens with zero attached hydrogens (tertiary/aromatic N) is 1. The molecule has 5 nitrogen and oxygen atoms in total. The number of carbonyl (C=O) groups excluding carboxylic acids is 1. The fourth-order valence-electron chi connectivity index (χ4n) is 2.91. The van der Waals surface area contributed by atoms with E-state index in [0.717, 1.165) is 12.8 Å². The number of ether oxygens (including phenoxy) is 1. The summed E-state index contributed by atoms with van der Waals surface area (Å²) in [6.07, 6.45) is 3.23. The van der Waals surface area contributed by atoms with E-state index < -0.39 is 5.97 Å². The average molecular weight is 239 g/mol. The number of likely N-dealkylation sites (tertiary alicyclic amines) is 1. The number of carboxylic acids is 1. The second-order valence-corrected chi connectivity index (χ2v) is 4.91. The Kier molecular flexibility index (Phi) is 3.09. The fraction of sp³-hybridized carbons (Fsp3) is 0.667. The number of carboxylic acid groups (broad SMARTS) is 1. The molecule has 0 bridgehead atoms. The molecule has 5 heteroatoms. The minimum Gasteiger partial charge on any atom is -0.481 e. The predicted octanol–water partition coefficient (Wildman–Crippen LogP) is 1.50. The molecule has 1 saturated heterocycles.